The van der Waals surface area contributed by atoms with Gasteiger partial charge in [-0.3, -0.25) is 4.79 Å². The molecule has 0 radical (unpaired) electrons. The summed E-state index contributed by atoms with van der Waals surface area (Å²) in [5.74, 6) is 0.276. The zero-order chi connectivity index (χ0) is 15.2. The van der Waals surface area contributed by atoms with Crippen LogP contribution in [0, 0.1) is 0 Å². The van der Waals surface area contributed by atoms with Crippen LogP contribution in [0.1, 0.15) is 13.3 Å². The van der Waals surface area contributed by atoms with Gasteiger partial charge < -0.3 is 10.5 Å². The van der Waals surface area contributed by atoms with Gasteiger partial charge in [0.05, 0.1) is 11.5 Å². The Balaban J connectivity index is 2.45. The van der Waals surface area contributed by atoms with Crippen molar-refractivity contribution in [3.63, 3.8) is 0 Å². The van der Waals surface area contributed by atoms with E-state index in [1.54, 1.807) is 31.2 Å². The van der Waals surface area contributed by atoms with Gasteiger partial charge in [0.25, 0.3) is 0 Å². The lowest BCUT2D eigenvalue weighted by Crippen LogP contribution is -2.32. The summed E-state index contributed by atoms with van der Waals surface area (Å²) < 4.78 is 27.4. The van der Waals surface area contributed by atoms with Crippen LogP contribution < -0.4 is 5.73 Å². The fourth-order valence-electron chi connectivity index (χ4n) is 1.45. The normalized spacial score (nSPS) is 12.9. The summed E-state index contributed by atoms with van der Waals surface area (Å²) in [7, 11) is -3.16. The van der Waals surface area contributed by atoms with Gasteiger partial charge in [-0.1, -0.05) is 0 Å². The van der Waals surface area contributed by atoms with Gasteiger partial charge in [0.1, 0.15) is 6.04 Å². The van der Waals surface area contributed by atoms with E-state index < -0.39 is 15.9 Å². The van der Waals surface area contributed by atoms with Crippen molar-refractivity contribution in [2.75, 3.05) is 18.6 Å². The van der Waals surface area contributed by atoms with Gasteiger partial charge >= 0.3 is 5.97 Å². The van der Waals surface area contributed by atoms with Crippen LogP contribution in [0.4, 0.5) is 0 Å². The standard InChI is InChI=1S/C13H19NO4S2/c1-3-18-13(15)12(14)8-9-19-10-4-6-11(7-5-10)20(2,16)17/h4-7,12H,3,8-9,14H2,1-2H3. The van der Waals surface area contributed by atoms with Crippen molar-refractivity contribution in [3.05, 3.63) is 24.3 Å². The average molecular weight is 317 g/mol. The van der Waals surface area contributed by atoms with Crippen molar-refractivity contribution in [2.45, 2.75) is 29.2 Å². The van der Waals surface area contributed by atoms with E-state index in [4.69, 9.17) is 10.5 Å². The average Bonchev–Trinajstić information content (AvgIpc) is 2.38. The summed E-state index contributed by atoms with van der Waals surface area (Å²) in [6, 6.07) is 6.03. The van der Waals surface area contributed by atoms with Crippen molar-refractivity contribution in [1.29, 1.82) is 0 Å². The first-order valence-electron chi connectivity index (χ1n) is 6.19. The van der Waals surface area contributed by atoms with Gasteiger partial charge in [0.15, 0.2) is 9.84 Å². The van der Waals surface area contributed by atoms with E-state index in [1.165, 1.54) is 18.0 Å². The quantitative estimate of drug-likeness (QED) is 0.605. The lowest BCUT2D eigenvalue weighted by Gasteiger charge is -2.10. The molecule has 1 aromatic rings. The van der Waals surface area contributed by atoms with Crippen LogP contribution in [-0.4, -0.2) is 39.0 Å². The van der Waals surface area contributed by atoms with Crippen LogP contribution in [-0.2, 0) is 19.4 Å². The third kappa shape index (κ3) is 5.52. The molecule has 0 heterocycles. The minimum atomic E-state index is -3.16. The maximum absolute atomic E-state index is 11.3. The van der Waals surface area contributed by atoms with Crippen molar-refractivity contribution in [1.82, 2.24) is 0 Å². The molecule has 1 atom stereocenters. The fraction of sp³-hybridized carbons (Fsp3) is 0.462. The molecule has 0 bridgehead atoms. The molecule has 20 heavy (non-hydrogen) atoms. The summed E-state index contributed by atoms with van der Waals surface area (Å²) >= 11 is 1.52. The molecule has 0 aliphatic carbocycles. The monoisotopic (exact) mass is 317 g/mol. The number of thioether (sulfide) groups is 1. The highest BCUT2D eigenvalue weighted by atomic mass is 32.2. The zero-order valence-corrected chi connectivity index (χ0v) is 13.2. The third-order valence-electron chi connectivity index (χ3n) is 2.54. The van der Waals surface area contributed by atoms with Crippen LogP contribution in [0.5, 0.6) is 0 Å². The molecule has 5 nitrogen and oxygen atoms in total. The van der Waals surface area contributed by atoms with Crippen LogP contribution in [0.15, 0.2) is 34.1 Å². The molecule has 1 rings (SSSR count). The molecule has 2 N–H and O–H groups in total. The maximum atomic E-state index is 11.3. The number of sulfone groups is 1. The molecule has 112 valence electrons. The van der Waals surface area contributed by atoms with E-state index >= 15 is 0 Å². The van der Waals surface area contributed by atoms with Gasteiger partial charge in [-0.2, -0.15) is 0 Å². The van der Waals surface area contributed by atoms with E-state index in [2.05, 4.69) is 0 Å². The largest absolute Gasteiger partial charge is 0.465 e. The Morgan fingerprint density at radius 1 is 1.35 bits per heavy atom. The Hall–Kier alpha value is -1.05. The first-order valence-corrected chi connectivity index (χ1v) is 9.07. The number of carbonyl (C=O) groups excluding carboxylic acids is 1. The van der Waals surface area contributed by atoms with Crippen LogP contribution >= 0.6 is 11.8 Å². The molecule has 0 saturated heterocycles. The van der Waals surface area contributed by atoms with Gasteiger partial charge in [0, 0.05) is 16.9 Å². The Bertz CT molecular complexity index is 540. The van der Waals surface area contributed by atoms with Crippen molar-refractivity contribution in [2.24, 2.45) is 5.73 Å². The van der Waals surface area contributed by atoms with E-state index in [0.717, 1.165) is 4.90 Å². The second kappa shape index (κ2) is 7.66. The number of esters is 1. The Kier molecular flexibility index (Phi) is 6.51. The van der Waals surface area contributed by atoms with E-state index in [9.17, 15) is 13.2 Å². The van der Waals surface area contributed by atoms with Gasteiger partial charge in [-0.25, -0.2) is 8.42 Å². The van der Waals surface area contributed by atoms with Crippen LogP contribution in [0.25, 0.3) is 0 Å². The summed E-state index contributed by atoms with van der Waals surface area (Å²) in [6.07, 6.45) is 1.69. The zero-order valence-electron chi connectivity index (χ0n) is 11.5. The molecule has 0 saturated carbocycles. The first-order chi connectivity index (χ1) is 9.34. The minimum absolute atomic E-state index is 0.296. The van der Waals surface area contributed by atoms with Crippen molar-refractivity contribution in [3.8, 4) is 0 Å². The van der Waals surface area contributed by atoms with Crippen LogP contribution in [0.2, 0.25) is 0 Å². The fourth-order valence-corrected chi connectivity index (χ4v) is 3.02. The van der Waals surface area contributed by atoms with E-state index in [1.807, 2.05) is 0 Å². The lowest BCUT2D eigenvalue weighted by molar-refractivity contribution is -0.144. The molecule has 1 unspecified atom stereocenters. The molecule has 7 heteroatoms. The third-order valence-corrected chi connectivity index (χ3v) is 4.71. The van der Waals surface area contributed by atoms with Crippen molar-refractivity contribution >= 4 is 27.6 Å². The highest BCUT2D eigenvalue weighted by Crippen LogP contribution is 2.21. The first kappa shape index (κ1) is 17.0. The van der Waals surface area contributed by atoms with Gasteiger partial charge in [0.2, 0.25) is 0 Å². The SMILES string of the molecule is CCOC(=O)C(N)CCSc1ccc(S(C)(=O)=O)cc1. The molecule has 0 aliphatic heterocycles. The number of hydrogen-bond acceptors (Lipinski definition) is 6. The predicted octanol–water partition coefficient (Wildman–Crippen LogP) is 1.46. The van der Waals surface area contributed by atoms with Gasteiger partial charge in [-0.05, 0) is 37.6 Å². The topological polar surface area (TPSA) is 86.5 Å². The van der Waals surface area contributed by atoms with E-state index in [-0.39, 0.29) is 5.97 Å². The second-order valence-corrected chi connectivity index (χ2v) is 7.42. The summed E-state index contributed by atoms with van der Waals surface area (Å²) in [4.78, 5) is 12.6. The lowest BCUT2D eigenvalue weighted by atomic mass is 10.2. The van der Waals surface area contributed by atoms with Crippen molar-refractivity contribution < 1.29 is 17.9 Å². The number of benzene rings is 1. The number of carbonyl (C=O) groups is 1. The van der Waals surface area contributed by atoms with E-state index in [0.29, 0.717) is 23.7 Å². The molecular formula is C13H19NO4S2. The molecule has 0 aromatic heterocycles. The molecule has 0 amide bonds. The molecule has 1 aromatic carbocycles. The highest BCUT2D eigenvalue weighted by Gasteiger charge is 2.14. The molecule has 0 aliphatic rings. The Morgan fingerprint density at radius 3 is 2.45 bits per heavy atom. The van der Waals surface area contributed by atoms with Gasteiger partial charge in [-0.15, -0.1) is 11.8 Å². The Labute approximate surface area is 123 Å². The Morgan fingerprint density at radius 2 is 1.95 bits per heavy atom. The number of nitrogens with two attached hydrogens (primary N) is 1. The van der Waals surface area contributed by atoms with Crippen LogP contribution in [0.3, 0.4) is 0 Å². The predicted molar refractivity (Wildman–Crippen MR) is 79.5 cm³/mol. The second-order valence-electron chi connectivity index (χ2n) is 4.24. The molecule has 0 fully saturated rings. The summed E-state index contributed by atoms with van der Waals surface area (Å²) in [5, 5.41) is 0. The summed E-state index contributed by atoms with van der Waals surface area (Å²) in [5.41, 5.74) is 5.68. The summed E-state index contributed by atoms with van der Waals surface area (Å²) in [6.45, 7) is 2.06. The number of hydrogen-bond donors (Lipinski definition) is 1. The molecular weight excluding hydrogens is 298 g/mol. The number of rotatable bonds is 7. The smallest absolute Gasteiger partial charge is 0.322 e. The highest BCUT2D eigenvalue weighted by molar-refractivity contribution is 7.99. The minimum Gasteiger partial charge on any atom is -0.465 e. The molecule has 0 spiro atoms. The number of ether oxygens (including phenoxy) is 1. The maximum Gasteiger partial charge on any atom is 0.322 e.